The molecule has 8 rings (SSSR count). The second kappa shape index (κ2) is 17.4. The number of hydrogen-bond acceptors (Lipinski definition) is 11. The number of hydrogen-bond donors (Lipinski definition) is 2. The van der Waals surface area contributed by atoms with E-state index in [-0.39, 0.29) is 28.7 Å². The molecule has 16 heteroatoms. The summed E-state index contributed by atoms with van der Waals surface area (Å²) in [6.45, 7) is 10.3. The SMILES string of the molecule is CO[C@@]1(C=O)/C=C/C[C@H](C)[C@@H](C)S(=O)(=O)NC(=O)c2ccc3c(c2)N(C[C@@H]2CC[C@H]21)C[C@@]1(CCCc2cc(Cl)ccc21)CO3.O=S([O-])N1CCN2CCNCC2C1. The number of nitrogens with one attached hydrogen (secondary N) is 2. The molecule has 2 aromatic carbocycles. The van der Waals surface area contributed by atoms with Crippen LogP contribution < -0.4 is 19.7 Å². The van der Waals surface area contributed by atoms with Crippen LogP contribution in [0, 0.1) is 17.8 Å². The summed E-state index contributed by atoms with van der Waals surface area (Å²) in [6.07, 6.45) is 9.65. The van der Waals surface area contributed by atoms with E-state index >= 15 is 0 Å². The van der Waals surface area contributed by atoms with Gasteiger partial charge in [-0.25, -0.2) is 17.4 Å². The summed E-state index contributed by atoms with van der Waals surface area (Å²) in [4.78, 5) is 30.7. The highest BCUT2D eigenvalue weighted by Crippen LogP contribution is 2.48. The van der Waals surface area contributed by atoms with Crippen LogP contribution in [-0.2, 0) is 42.7 Å². The number of fused-ring (bicyclic) bond motifs is 5. The summed E-state index contributed by atoms with van der Waals surface area (Å²) in [6, 6.07) is 11.6. The smallest absolute Gasteiger partial charge is 0.264 e. The monoisotopic (exact) mass is 844 g/mol. The number of rotatable bonds is 3. The van der Waals surface area contributed by atoms with Gasteiger partial charge in [-0.2, -0.15) is 0 Å². The number of halogens is 1. The molecule has 13 nitrogen and oxygen atoms in total. The minimum atomic E-state index is -3.97. The molecular weight excluding hydrogens is 790 g/mol. The first kappa shape index (κ1) is 42.2. The molecular formula is C41H55ClN5O8S2-. The number of sulfonamides is 1. The number of allylic oxidation sites excluding steroid dienone is 1. The second-order valence-corrected chi connectivity index (χ2v) is 20.1. The maximum Gasteiger partial charge on any atom is 0.264 e. The molecule has 2 aliphatic carbocycles. The lowest BCUT2D eigenvalue weighted by atomic mass is 9.64. The van der Waals surface area contributed by atoms with Gasteiger partial charge in [0.25, 0.3) is 5.91 Å². The van der Waals surface area contributed by atoms with Gasteiger partial charge in [0.05, 0.1) is 17.5 Å². The number of ether oxygens (including phenoxy) is 2. The van der Waals surface area contributed by atoms with E-state index in [1.165, 1.54) is 15.4 Å². The summed E-state index contributed by atoms with van der Waals surface area (Å²) in [5, 5.41) is 3.15. The third-order valence-electron chi connectivity index (χ3n) is 13.4. The molecule has 2 bridgehead atoms. The maximum atomic E-state index is 13.4. The summed E-state index contributed by atoms with van der Waals surface area (Å²) < 4.78 is 64.3. The first-order valence-electron chi connectivity index (χ1n) is 20.1. The van der Waals surface area contributed by atoms with Crippen LogP contribution in [-0.4, -0.2) is 122 Å². The summed E-state index contributed by atoms with van der Waals surface area (Å²) >= 11 is 4.36. The molecule has 0 aromatic heterocycles. The molecule has 4 heterocycles. The fraction of sp³-hybridized carbons (Fsp3) is 0.610. The maximum absolute atomic E-state index is 13.4. The molecule has 3 fully saturated rings. The Labute approximate surface area is 344 Å². The summed E-state index contributed by atoms with van der Waals surface area (Å²) in [5.74, 6) is -0.203. The van der Waals surface area contributed by atoms with Crippen LogP contribution in [0.4, 0.5) is 5.69 Å². The molecule has 4 aliphatic heterocycles. The van der Waals surface area contributed by atoms with Gasteiger partial charge in [0.2, 0.25) is 10.0 Å². The average Bonchev–Trinajstić information content (AvgIpc) is 3.34. The predicted octanol–water partition coefficient (Wildman–Crippen LogP) is 3.84. The van der Waals surface area contributed by atoms with Crippen LogP contribution >= 0.6 is 11.6 Å². The van der Waals surface area contributed by atoms with E-state index in [4.69, 9.17) is 21.1 Å². The van der Waals surface area contributed by atoms with Crippen LogP contribution in [0.25, 0.3) is 0 Å². The van der Waals surface area contributed by atoms with E-state index < -0.39 is 38.0 Å². The van der Waals surface area contributed by atoms with E-state index in [0.717, 1.165) is 70.3 Å². The third kappa shape index (κ3) is 8.72. The van der Waals surface area contributed by atoms with E-state index in [1.54, 1.807) is 32.2 Å². The van der Waals surface area contributed by atoms with Gasteiger partial charge in [-0.05, 0) is 105 Å². The van der Waals surface area contributed by atoms with Gasteiger partial charge in [-0.3, -0.25) is 18.7 Å². The molecule has 6 aliphatic rings. The summed E-state index contributed by atoms with van der Waals surface area (Å²) in [5.41, 5.74) is 2.05. The lowest BCUT2D eigenvalue weighted by Crippen LogP contribution is -2.61. The standard InChI is InChI=1S/C34H41ClN2O6S.C7H15N3O2S/c1-22-6-4-15-34(20-38,42-3)29-11-8-26(29)18-37-19-33(14-5-7-24-16-27(35)10-12-28(24)33)21-43-31-13-9-25(17-30(31)37)32(39)36-44(40,41)23(22)2;11-13(12)10-4-3-9-2-1-8-5-7(9)6-10/h4,9-10,12-13,15-17,20,22-23,26,29H,5-8,11,14,18-19,21H2,1-3H3,(H,36,39);7-8H,1-6H2,(H,11,12)/p-1/b15-4+;/t22-,23+,26-,29+,33-,34+;/m0./s1. The van der Waals surface area contributed by atoms with Gasteiger partial charge < -0.3 is 24.2 Å². The van der Waals surface area contributed by atoms with Crippen molar-refractivity contribution in [3.05, 3.63) is 70.3 Å². The van der Waals surface area contributed by atoms with Crippen molar-refractivity contribution in [2.45, 2.75) is 74.7 Å². The van der Waals surface area contributed by atoms with Gasteiger partial charge in [0, 0.05) is 98.7 Å². The number of piperazine rings is 2. The van der Waals surface area contributed by atoms with Gasteiger partial charge >= 0.3 is 0 Å². The number of carbonyl (C=O) groups excluding carboxylic acids is 2. The number of anilines is 1. The van der Waals surface area contributed by atoms with Crippen LogP contribution in [0.1, 0.15) is 67.4 Å². The van der Waals surface area contributed by atoms with Crippen LogP contribution in [0.2, 0.25) is 5.02 Å². The molecule has 2 N–H and O–H groups in total. The zero-order valence-corrected chi connectivity index (χ0v) is 35.4. The number of carbonyl (C=O) groups is 2. The van der Waals surface area contributed by atoms with Crippen molar-refractivity contribution in [3.63, 3.8) is 0 Å². The number of aldehydes is 1. The van der Waals surface area contributed by atoms with E-state index in [0.29, 0.717) is 56.0 Å². The number of amides is 1. The highest BCUT2D eigenvalue weighted by Gasteiger charge is 2.49. The molecule has 2 unspecified atom stereocenters. The van der Waals surface area contributed by atoms with Crippen molar-refractivity contribution >= 4 is 50.8 Å². The van der Waals surface area contributed by atoms with Crippen molar-refractivity contribution in [1.82, 2.24) is 19.2 Å². The van der Waals surface area contributed by atoms with Crippen molar-refractivity contribution in [1.29, 1.82) is 0 Å². The molecule has 312 valence electrons. The Morgan fingerprint density at radius 3 is 2.67 bits per heavy atom. The van der Waals surface area contributed by atoms with E-state index in [9.17, 15) is 26.8 Å². The lowest BCUT2D eigenvalue weighted by molar-refractivity contribution is -0.135. The highest BCUT2D eigenvalue weighted by atomic mass is 35.5. The van der Waals surface area contributed by atoms with Crippen molar-refractivity contribution in [2.24, 2.45) is 17.8 Å². The first-order chi connectivity index (χ1) is 27.3. The number of nitrogens with zero attached hydrogens (tertiary/aromatic N) is 3. The largest absolute Gasteiger partial charge is 0.760 e. The summed E-state index contributed by atoms with van der Waals surface area (Å²) in [7, 11) is -2.41. The molecule has 8 atom stereocenters. The van der Waals surface area contributed by atoms with Gasteiger partial charge in [0.15, 0.2) is 6.29 Å². The zero-order chi connectivity index (χ0) is 40.5. The zero-order valence-electron chi connectivity index (χ0n) is 33.0. The normalized spacial score (nSPS) is 33.9. The number of benzene rings is 2. The van der Waals surface area contributed by atoms with Crippen molar-refractivity contribution in [3.8, 4) is 5.75 Å². The molecule has 1 saturated carbocycles. The van der Waals surface area contributed by atoms with Crippen LogP contribution in [0.5, 0.6) is 5.75 Å². The quantitative estimate of drug-likeness (QED) is 0.263. The molecule has 0 radical (unpaired) electrons. The molecule has 1 spiro atoms. The molecule has 2 saturated heterocycles. The second-order valence-electron chi connectivity index (χ2n) is 16.7. The average molecular weight is 846 g/mol. The van der Waals surface area contributed by atoms with E-state index in [2.05, 4.69) is 32.0 Å². The topological polar surface area (TPSA) is 161 Å². The Balaban J connectivity index is 0.000000322. The van der Waals surface area contributed by atoms with Gasteiger partial charge in [-0.1, -0.05) is 30.7 Å². The highest BCUT2D eigenvalue weighted by molar-refractivity contribution is 7.90. The van der Waals surface area contributed by atoms with Crippen LogP contribution in [0.3, 0.4) is 0 Å². The minimum Gasteiger partial charge on any atom is -0.760 e. The van der Waals surface area contributed by atoms with Gasteiger partial charge in [-0.15, -0.1) is 0 Å². The molecule has 57 heavy (non-hydrogen) atoms. The fourth-order valence-corrected chi connectivity index (χ4v) is 11.7. The molecule has 2 aromatic rings. The van der Waals surface area contributed by atoms with Crippen molar-refractivity contribution < 1.29 is 36.2 Å². The Morgan fingerprint density at radius 2 is 1.93 bits per heavy atom. The van der Waals surface area contributed by atoms with Gasteiger partial charge in [0.1, 0.15) is 11.4 Å². The van der Waals surface area contributed by atoms with Crippen LogP contribution in [0.15, 0.2) is 48.6 Å². The fourth-order valence-electron chi connectivity index (χ4n) is 9.66. The first-order valence-corrected chi connectivity index (χ1v) is 23.1. The minimum absolute atomic E-state index is 0.0434. The number of aryl methyl sites for hydroxylation is 1. The number of methoxy groups -OCH3 is 1. The van der Waals surface area contributed by atoms with E-state index in [1.807, 2.05) is 25.1 Å². The Bertz CT molecular complexity index is 1990. The Hall–Kier alpha value is -2.89. The molecule has 1 amide bonds. The third-order valence-corrected chi connectivity index (χ3v) is 16.3. The predicted molar refractivity (Wildman–Crippen MR) is 220 cm³/mol. The Morgan fingerprint density at radius 1 is 1.11 bits per heavy atom. The lowest BCUT2D eigenvalue weighted by Gasteiger charge is -2.48. The van der Waals surface area contributed by atoms with Crippen molar-refractivity contribution in [2.75, 3.05) is 71.0 Å². The Kier molecular flexibility index (Phi) is 12.9.